The zero-order chi connectivity index (χ0) is 14.8. The summed E-state index contributed by atoms with van der Waals surface area (Å²) in [5.74, 6) is 0. The van der Waals surface area contributed by atoms with E-state index in [1.165, 1.54) is 0 Å². The Bertz CT molecular complexity index is 677. The summed E-state index contributed by atoms with van der Waals surface area (Å²) in [4.78, 5) is 17.7. The lowest BCUT2D eigenvalue weighted by molar-refractivity contribution is 0.0955. The topological polar surface area (TPSA) is 42.4 Å². The van der Waals surface area contributed by atoms with E-state index in [4.69, 9.17) is 27.9 Å². The summed E-state index contributed by atoms with van der Waals surface area (Å²) in [6, 6.07) is 11.3. The van der Waals surface area contributed by atoms with Gasteiger partial charge in [0, 0.05) is 12.1 Å². The number of hydrogen-bond acceptors (Lipinski definition) is 3. The van der Waals surface area contributed by atoms with Crippen LogP contribution in [0.15, 0.2) is 36.4 Å². The largest absolute Gasteiger partial charge is 0.445 e. The fourth-order valence-electron chi connectivity index (χ4n) is 2.26. The number of carbonyl (C=O) groups excluding carboxylic acids is 1. The highest BCUT2D eigenvalue weighted by atomic mass is 35.5. The molecule has 3 rings (SSSR count). The Balaban J connectivity index is 1.64. The Hall–Kier alpha value is -1.78. The predicted octanol–water partition coefficient (Wildman–Crippen LogP) is 4.04. The molecule has 2 aromatic rings. The highest BCUT2D eigenvalue weighted by molar-refractivity contribution is 6.33. The van der Waals surface area contributed by atoms with Gasteiger partial charge in [-0.25, -0.2) is 9.78 Å². The molecule has 0 saturated carbocycles. The SMILES string of the molecule is O=C(OCc1ccccc1)N1Cc2cc(Cl)nc(Cl)c2C1. The first-order valence-corrected chi connectivity index (χ1v) is 7.18. The van der Waals surface area contributed by atoms with E-state index < -0.39 is 0 Å². The second-order valence-corrected chi connectivity index (χ2v) is 5.51. The van der Waals surface area contributed by atoms with Gasteiger partial charge in [0.05, 0.1) is 6.54 Å². The first-order valence-electron chi connectivity index (χ1n) is 6.43. The molecule has 1 amide bonds. The van der Waals surface area contributed by atoms with E-state index in [1.54, 1.807) is 11.0 Å². The molecule has 1 aliphatic rings. The van der Waals surface area contributed by atoms with E-state index in [-0.39, 0.29) is 12.7 Å². The third-order valence-electron chi connectivity index (χ3n) is 3.31. The van der Waals surface area contributed by atoms with Crippen LogP contribution in [0.5, 0.6) is 0 Å². The van der Waals surface area contributed by atoms with Gasteiger partial charge in [0.25, 0.3) is 0 Å². The summed E-state index contributed by atoms with van der Waals surface area (Å²) in [7, 11) is 0. The van der Waals surface area contributed by atoms with E-state index in [2.05, 4.69) is 4.98 Å². The lowest BCUT2D eigenvalue weighted by Gasteiger charge is -2.15. The number of rotatable bonds is 2. The smallest absolute Gasteiger partial charge is 0.410 e. The number of aromatic nitrogens is 1. The minimum absolute atomic E-state index is 0.249. The number of amides is 1. The Morgan fingerprint density at radius 3 is 2.76 bits per heavy atom. The molecule has 1 aromatic heterocycles. The van der Waals surface area contributed by atoms with E-state index in [9.17, 15) is 4.79 Å². The van der Waals surface area contributed by atoms with Crippen molar-refractivity contribution < 1.29 is 9.53 Å². The van der Waals surface area contributed by atoms with Crippen LogP contribution in [0, 0.1) is 0 Å². The van der Waals surface area contributed by atoms with Crippen molar-refractivity contribution in [3.63, 3.8) is 0 Å². The number of pyridine rings is 1. The number of fused-ring (bicyclic) bond motifs is 1. The quantitative estimate of drug-likeness (QED) is 0.783. The van der Waals surface area contributed by atoms with Gasteiger partial charge in [-0.2, -0.15) is 0 Å². The number of carbonyl (C=O) groups is 1. The maximum absolute atomic E-state index is 12.1. The second kappa shape index (κ2) is 5.92. The van der Waals surface area contributed by atoms with Gasteiger partial charge in [-0.3, -0.25) is 4.90 Å². The van der Waals surface area contributed by atoms with Crippen molar-refractivity contribution in [1.82, 2.24) is 9.88 Å². The molecule has 0 fully saturated rings. The zero-order valence-electron chi connectivity index (χ0n) is 11.1. The van der Waals surface area contributed by atoms with Gasteiger partial charge in [0.15, 0.2) is 0 Å². The van der Waals surface area contributed by atoms with Crippen molar-refractivity contribution in [3.05, 3.63) is 63.4 Å². The van der Waals surface area contributed by atoms with Crippen molar-refractivity contribution in [2.75, 3.05) is 0 Å². The van der Waals surface area contributed by atoms with Gasteiger partial charge in [0.2, 0.25) is 0 Å². The van der Waals surface area contributed by atoms with Crippen molar-refractivity contribution in [3.8, 4) is 0 Å². The third kappa shape index (κ3) is 3.12. The van der Waals surface area contributed by atoms with Crippen LogP contribution < -0.4 is 0 Å². The van der Waals surface area contributed by atoms with Gasteiger partial charge in [-0.1, -0.05) is 53.5 Å². The predicted molar refractivity (Wildman–Crippen MR) is 80.1 cm³/mol. The van der Waals surface area contributed by atoms with Crippen LogP contribution in [0.25, 0.3) is 0 Å². The second-order valence-electron chi connectivity index (χ2n) is 4.77. The Kier molecular flexibility index (Phi) is 3.99. The van der Waals surface area contributed by atoms with Crippen molar-refractivity contribution in [2.24, 2.45) is 0 Å². The normalized spacial score (nSPS) is 13.1. The molecule has 6 heteroatoms. The Labute approximate surface area is 132 Å². The molecule has 1 aromatic carbocycles. The number of ether oxygens (including phenoxy) is 1. The molecule has 0 saturated heterocycles. The van der Waals surface area contributed by atoms with Gasteiger partial charge < -0.3 is 4.74 Å². The molecule has 21 heavy (non-hydrogen) atoms. The number of halogens is 2. The van der Waals surface area contributed by atoms with Crippen LogP contribution in [0.1, 0.15) is 16.7 Å². The lowest BCUT2D eigenvalue weighted by atomic mass is 10.2. The molecule has 4 nitrogen and oxygen atoms in total. The molecule has 0 spiro atoms. The van der Waals surface area contributed by atoms with E-state index in [0.717, 1.165) is 16.7 Å². The maximum Gasteiger partial charge on any atom is 0.410 e. The summed E-state index contributed by atoms with van der Waals surface area (Å²) >= 11 is 11.9. The summed E-state index contributed by atoms with van der Waals surface area (Å²) in [5.41, 5.74) is 2.69. The molecule has 0 radical (unpaired) electrons. The van der Waals surface area contributed by atoms with Crippen LogP contribution in [-0.4, -0.2) is 16.0 Å². The Morgan fingerprint density at radius 1 is 1.24 bits per heavy atom. The van der Waals surface area contributed by atoms with Gasteiger partial charge >= 0.3 is 6.09 Å². The number of benzene rings is 1. The molecule has 0 N–H and O–H groups in total. The fraction of sp³-hybridized carbons (Fsp3) is 0.200. The first kappa shape index (κ1) is 14.2. The maximum atomic E-state index is 12.1. The van der Waals surface area contributed by atoms with Crippen molar-refractivity contribution >= 4 is 29.3 Å². The number of hydrogen-bond donors (Lipinski definition) is 0. The third-order valence-corrected chi connectivity index (χ3v) is 3.81. The van der Waals surface area contributed by atoms with E-state index in [0.29, 0.717) is 23.4 Å². The average Bonchev–Trinajstić information content (AvgIpc) is 2.90. The highest BCUT2D eigenvalue weighted by Crippen LogP contribution is 2.30. The van der Waals surface area contributed by atoms with Gasteiger partial charge in [-0.05, 0) is 17.2 Å². The lowest BCUT2D eigenvalue weighted by Crippen LogP contribution is -2.26. The van der Waals surface area contributed by atoms with E-state index >= 15 is 0 Å². The minimum Gasteiger partial charge on any atom is -0.445 e. The summed E-state index contributed by atoms with van der Waals surface area (Å²) in [5, 5.41) is 0.675. The highest BCUT2D eigenvalue weighted by Gasteiger charge is 2.27. The molecule has 108 valence electrons. The van der Waals surface area contributed by atoms with Crippen LogP contribution in [0.4, 0.5) is 4.79 Å². The molecule has 0 aliphatic carbocycles. The molecular weight excluding hydrogens is 311 g/mol. The van der Waals surface area contributed by atoms with Crippen LogP contribution in [-0.2, 0) is 24.4 Å². The zero-order valence-corrected chi connectivity index (χ0v) is 12.6. The van der Waals surface area contributed by atoms with Gasteiger partial charge in [0.1, 0.15) is 16.9 Å². The summed E-state index contributed by atoms with van der Waals surface area (Å²) < 4.78 is 5.30. The monoisotopic (exact) mass is 322 g/mol. The standard InChI is InChI=1S/C15H12Cl2N2O2/c16-13-6-11-7-19(8-12(11)14(17)18-13)15(20)21-9-10-4-2-1-3-5-10/h1-6H,7-9H2. The molecule has 2 heterocycles. The van der Waals surface area contributed by atoms with Crippen LogP contribution in [0.2, 0.25) is 10.3 Å². The molecule has 0 atom stereocenters. The van der Waals surface area contributed by atoms with Crippen LogP contribution in [0.3, 0.4) is 0 Å². The van der Waals surface area contributed by atoms with Crippen molar-refractivity contribution in [1.29, 1.82) is 0 Å². The first-order chi connectivity index (χ1) is 10.1. The molecule has 0 unspecified atom stereocenters. The average molecular weight is 323 g/mol. The summed E-state index contributed by atoms with van der Waals surface area (Å²) in [6.07, 6.45) is -0.373. The molecule has 1 aliphatic heterocycles. The summed E-state index contributed by atoms with van der Waals surface area (Å²) in [6.45, 7) is 1.08. The number of nitrogens with zero attached hydrogens (tertiary/aromatic N) is 2. The molecule has 0 bridgehead atoms. The Morgan fingerprint density at radius 2 is 2.00 bits per heavy atom. The molecular formula is C15H12Cl2N2O2. The van der Waals surface area contributed by atoms with E-state index in [1.807, 2.05) is 30.3 Å². The fourth-order valence-corrected chi connectivity index (χ4v) is 2.79. The minimum atomic E-state index is -0.373. The van der Waals surface area contributed by atoms with Crippen molar-refractivity contribution in [2.45, 2.75) is 19.7 Å². The van der Waals surface area contributed by atoms with Gasteiger partial charge in [-0.15, -0.1) is 0 Å². The van der Waals surface area contributed by atoms with Crippen LogP contribution >= 0.6 is 23.2 Å².